The number of hydrogen-bond donors (Lipinski definition) is 0. The van der Waals surface area contributed by atoms with Gasteiger partial charge in [-0.05, 0) is 31.5 Å². The largest absolute Gasteiger partial charge is 0.376 e. The number of ether oxygens (including phenoxy) is 1. The number of benzene rings is 1. The van der Waals surface area contributed by atoms with Gasteiger partial charge in [-0.15, -0.1) is 0 Å². The Kier molecular flexibility index (Phi) is 3.56. The van der Waals surface area contributed by atoms with Crippen LogP contribution in [0.1, 0.15) is 19.4 Å². The molecule has 0 saturated carbocycles. The average molecular weight is 223 g/mol. The first kappa shape index (κ1) is 11.6. The molecule has 0 N–H and O–H groups in total. The van der Waals surface area contributed by atoms with Crippen molar-refractivity contribution in [3.8, 4) is 0 Å². The molecule has 0 bridgehead atoms. The molecule has 16 heavy (non-hydrogen) atoms. The van der Waals surface area contributed by atoms with Crippen molar-refractivity contribution in [3.63, 3.8) is 0 Å². The highest BCUT2D eigenvalue weighted by Crippen LogP contribution is 2.15. The third kappa shape index (κ3) is 2.80. The number of nitrogens with zero attached hydrogens (tertiary/aromatic N) is 1. The third-order valence-corrected chi connectivity index (χ3v) is 3.01. The van der Waals surface area contributed by atoms with Crippen LogP contribution in [0.4, 0.5) is 4.39 Å². The van der Waals surface area contributed by atoms with Crippen LogP contribution in [0.3, 0.4) is 0 Å². The molecule has 0 aliphatic carbocycles. The number of halogens is 1. The molecule has 3 heteroatoms. The predicted octanol–water partition coefficient (Wildman–Crippen LogP) is 2.43. The van der Waals surface area contributed by atoms with Gasteiger partial charge in [-0.1, -0.05) is 12.1 Å². The second-order valence-corrected chi connectivity index (χ2v) is 4.55. The fourth-order valence-corrected chi connectivity index (χ4v) is 2.06. The molecule has 1 saturated heterocycles. The van der Waals surface area contributed by atoms with Crippen molar-refractivity contribution in [2.75, 3.05) is 13.2 Å². The minimum atomic E-state index is -0.161. The Labute approximate surface area is 96.0 Å². The molecule has 0 aromatic heterocycles. The summed E-state index contributed by atoms with van der Waals surface area (Å²) in [6.45, 7) is 6.69. The summed E-state index contributed by atoms with van der Waals surface area (Å²) >= 11 is 0. The van der Waals surface area contributed by atoms with E-state index in [1.165, 1.54) is 6.07 Å². The lowest BCUT2D eigenvalue weighted by Gasteiger charge is -2.36. The van der Waals surface area contributed by atoms with E-state index in [4.69, 9.17) is 4.74 Å². The molecule has 1 aliphatic heterocycles. The Morgan fingerprint density at radius 3 is 3.00 bits per heavy atom. The highest BCUT2D eigenvalue weighted by Gasteiger charge is 2.23. The van der Waals surface area contributed by atoms with Gasteiger partial charge < -0.3 is 4.74 Å². The molecule has 1 heterocycles. The van der Waals surface area contributed by atoms with Gasteiger partial charge in [0, 0.05) is 19.1 Å². The van der Waals surface area contributed by atoms with E-state index in [1.807, 2.05) is 6.07 Å². The molecule has 1 aromatic carbocycles. The molecule has 88 valence electrons. The molecule has 2 rings (SSSR count). The van der Waals surface area contributed by atoms with Crippen LogP contribution >= 0.6 is 0 Å². The summed E-state index contributed by atoms with van der Waals surface area (Å²) in [4.78, 5) is 2.34. The zero-order valence-electron chi connectivity index (χ0n) is 9.82. The Morgan fingerprint density at radius 2 is 2.25 bits per heavy atom. The van der Waals surface area contributed by atoms with E-state index in [-0.39, 0.29) is 11.9 Å². The molecule has 0 radical (unpaired) electrons. The van der Waals surface area contributed by atoms with Crippen LogP contribution in [-0.2, 0) is 11.3 Å². The van der Waals surface area contributed by atoms with E-state index < -0.39 is 0 Å². The van der Waals surface area contributed by atoms with Crippen LogP contribution in [0.25, 0.3) is 0 Å². The van der Waals surface area contributed by atoms with Crippen LogP contribution < -0.4 is 0 Å². The zero-order chi connectivity index (χ0) is 11.5. The fourth-order valence-electron chi connectivity index (χ4n) is 2.06. The monoisotopic (exact) mass is 223 g/mol. The maximum Gasteiger partial charge on any atom is 0.123 e. The second kappa shape index (κ2) is 4.93. The number of morpholine rings is 1. The van der Waals surface area contributed by atoms with Gasteiger partial charge in [0.1, 0.15) is 5.82 Å². The lowest BCUT2D eigenvalue weighted by molar-refractivity contribution is -0.0526. The van der Waals surface area contributed by atoms with Crippen molar-refractivity contribution in [2.24, 2.45) is 0 Å². The topological polar surface area (TPSA) is 12.5 Å². The van der Waals surface area contributed by atoms with Gasteiger partial charge in [0.05, 0.1) is 12.7 Å². The van der Waals surface area contributed by atoms with Gasteiger partial charge in [-0.2, -0.15) is 0 Å². The zero-order valence-corrected chi connectivity index (χ0v) is 9.82. The summed E-state index contributed by atoms with van der Waals surface area (Å²) in [6, 6.07) is 7.22. The van der Waals surface area contributed by atoms with Gasteiger partial charge >= 0.3 is 0 Å². The highest BCUT2D eigenvalue weighted by molar-refractivity contribution is 5.16. The Hall–Kier alpha value is -0.930. The molecule has 0 spiro atoms. The van der Waals surface area contributed by atoms with Crippen LogP contribution in [0.2, 0.25) is 0 Å². The van der Waals surface area contributed by atoms with E-state index in [2.05, 4.69) is 18.7 Å². The number of hydrogen-bond acceptors (Lipinski definition) is 2. The first-order valence-electron chi connectivity index (χ1n) is 5.75. The first-order valence-corrected chi connectivity index (χ1v) is 5.75. The Balaban J connectivity index is 2.02. The van der Waals surface area contributed by atoms with Gasteiger partial charge in [0.15, 0.2) is 0 Å². The van der Waals surface area contributed by atoms with Crippen LogP contribution in [-0.4, -0.2) is 30.2 Å². The molecule has 1 aliphatic rings. The van der Waals surface area contributed by atoms with E-state index in [0.29, 0.717) is 6.04 Å². The molecule has 2 atom stereocenters. The SMILES string of the molecule is CC1CN(Cc2cccc(F)c2)C(C)CO1. The standard InChI is InChI=1S/C13H18FNO/c1-10-9-16-11(2)7-15(10)8-12-4-3-5-13(14)6-12/h3-6,10-11H,7-9H2,1-2H3. The Bertz CT molecular complexity index is 356. The maximum atomic E-state index is 13.1. The average Bonchev–Trinajstić information content (AvgIpc) is 2.24. The van der Waals surface area contributed by atoms with E-state index in [0.717, 1.165) is 25.3 Å². The maximum absolute atomic E-state index is 13.1. The quantitative estimate of drug-likeness (QED) is 0.763. The van der Waals surface area contributed by atoms with Crippen LogP contribution in [0.15, 0.2) is 24.3 Å². The van der Waals surface area contributed by atoms with E-state index >= 15 is 0 Å². The van der Waals surface area contributed by atoms with Crippen molar-refractivity contribution in [2.45, 2.75) is 32.5 Å². The highest BCUT2D eigenvalue weighted by atomic mass is 19.1. The minimum Gasteiger partial charge on any atom is -0.376 e. The number of rotatable bonds is 2. The van der Waals surface area contributed by atoms with Crippen molar-refractivity contribution < 1.29 is 9.13 Å². The summed E-state index contributed by atoms with van der Waals surface area (Å²) in [5.41, 5.74) is 1.03. The summed E-state index contributed by atoms with van der Waals surface area (Å²) in [5, 5.41) is 0. The van der Waals surface area contributed by atoms with Crippen molar-refractivity contribution >= 4 is 0 Å². The summed E-state index contributed by atoms with van der Waals surface area (Å²) in [7, 11) is 0. The van der Waals surface area contributed by atoms with Crippen molar-refractivity contribution in [3.05, 3.63) is 35.6 Å². The first-order chi connectivity index (χ1) is 7.65. The molecule has 2 unspecified atom stereocenters. The normalized spacial score (nSPS) is 26.9. The molecule has 1 aromatic rings. The van der Waals surface area contributed by atoms with E-state index in [1.54, 1.807) is 12.1 Å². The van der Waals surface area contributed by atoms with Gasteiger partial charge in [-0.3, -0.25) is 4.90 Å². The molecule has 1 fully saturated rings. The van der Waals surface area contributed by atoms with Gasteiger partial charge in [-0.25, -0.2) is 4.39 Å². The smallest absolute Gasteiger partial charge is 0.123 e. The lowest BCUT2D eigenvalue weighted by atomic mass is 10.1. The van der Waals surface area contributed by atoms with E-state index in [9.17, 15) is 4.39 Å². The molecule has 0 amide bonds. The minimum absolute atomic E-state index is 0.161. The predicted molar refractivity (Wildman–Crippen MR) is 61.7 cm³/mol. The van der Waals surface area contributed by atoms with Crippen molar-refractivity contribution in [1.29, 1.82) is 0 Å². The summed E-state index contributed by atoms with van der Waals surface area (Å²) < 4.78 is 18.6. The van der Waals surface area contributed by atoms with Crippen LogP contribution in [0.5, 0.6) is 0 Å². The van der Waals surface area contributed by atoms with Gasteiger partial charge in [0.2, 0.25) is 0 Å². The Morgan fingerprint density at radius 1 is 1.44 bits per heavy atom. The summed E-state index contributed by atoms with van der Waals surface area (Å²) in [5.74, 6) is -0.161. The second-order valence-electron chi connectivity index (χ2n) is 4.55. The molecular weight excluding hydrogens is 205 g/mol. The lowest BCUT2D eigenvalue weighted by Crippen LogP contribution is -2.46. The third-order valence-electron chi connectivity index (χ3n) is 3.01. The summed E-state index contributed by atoms with van der Waals surface area (Å²) in [6.07, 6.45) is 0.268. The molecular formula is C13H18FNO. The van der Waals surface area contributed by atoms with Crippen LogP contribution in [0, 0.1) is 5.82 Å². The van der Waals surface area contributed by atoms with Crippen molar-refractivity contribution in [1.82, 2.24) is 4.90 Å². The fraction of sp³-hybridized carbons (Fsp3) is 0.538. The molecule has 2 nitrogen and oxygen atoms in total. The van der Waals surface area contributed by atoms with Gasteiger partial charge in [0.25, 0.3) is 0 Å².